The number of fused-ring (bicyclic) bond motifs is 3. The van der Waals surface area contributed by atoms with Crippen LogP contribution in [0.3, 0.4) is 0 Å². The van der Waals surface area contributed by atoms with Crippen molar-refractivity contribution in [1.82, 2.24) is 4.90 Å². The molecule has 4 aromatic rings. The molecular formula is C50H57N3O7. The van der Waals surface area contributed by atoms with Gasteiger partial charge in [-0.2, -0.15) is 5.26 Å². The molecule has 3 aliphatic rings. The molecule has 0 saturated heterocycles. The number of nitrogens with zero attached hydrogens (tertiary/aromatic N) is 3. The van der Waals surface area contributed by atoms with Crippen LogP contribution in [0.5, 0.6) is 17.2 Å². The highest BCUT2D eigenvalue weighted by atomic mass is 16.7. The van der Waals surface area contributed by atoms with Gasteiger partial charge in [0.1, 0.15) is 28.9 Å². The van der Waals surface area contributed by atoms with Crippen molar-refractivity contribution in [2.24, 2.45) is 22.9 Å². The van der Waals surface area contributed by atoms with Gasteiger partial charge in [0.2, 0.25) is 5.79 Å². The minimum atomic E-state index is -1.39. The van der Waals surface area contributed by atoms with Crippen molar-refractivity contribution in [3.63, 3.8) is 0 Å². The van der Waals surface area contributed by atoms with E-state index in [1.54, 1.807) is 42.3 Å². The fraction of sp³-hybridized carbons (Fsp3) is 0.420. The maximum atomic E-state index is 14.6. The number of carbonyl (C=O) groups is 1. The summed E-state index contributed by atoms with van der Waals surface area (Å²) in [6.07, 6.45) is 8.97. The van der Waals surface area contributed by atoms with Crippen LogP contribution < -0.4 is 9.47 Å². The second-order valence-electron chi connectivity index (χ2n) is 17.2. The predicted molar refractivity (Wildman–Crippen MR) is 233 cm³/mol. The second-order valence-corrected chi connectivity index (χ2v) is 17.2. The molecule has 1 aliphatic heterocycles. The summed E-state index contributed by atoms with van der Waals surface area (Å²) in [4.78, 5) is 22.5. The molecule has 6 unspecified atom stereocenters. The van der Waals surface area contributed by atoms with Crippen molar-refractivity contribution in [3.05, 3.63) is 126 Å². The Balaban J connectivity index is 1.43. The largest absolute Gasteiger partial charge is 0.459 e. The molecule has 1 fully saturated rings. The van der Waals surface area contributed by atoms with Crippen molar-refractivity contribution in [3.8, 4) is 23.3 Å². The van der Waals surface area contributed by atoms with Gasteiger partial charge in [-0.15, -0.1) is 6.58 Å². The first-order valence-electron chi connectivity index (χ1n) is 21.2. The third-order valence-corrected chi connectivity index (χ3v) is 12.1. The maximum absolute atomic E-state index is 14.6. The lowest BCUT2D eigenvalue weighted by atomic mass is 9.55. The molecule has 314 valence electrons. The molecule has 10 heteroatoms. The van der Waals surface area contributed by atoms with Crippen LogP contribution in [0.25, 0.3) is 10.8 Å². The fourth-order valence-electron chi connectivity index (χ4n) is 9.38. The van der Waals surface area contributed by atoms with E-state index in [1.165, 1.54) is 0 Å². The van der Waals surface area contributed by atoms with Gasteiger partial charge in [-0.05, 0) is 129 Å². The van der Waals surface area contributed by atoms with Crippen molar-refractivity contribution in [2.45, 2.75) is 89.1 Å². The Hall–Kier alpha value is -5.47. The van der Waals surface area contributed by atoms with Gasteiger partial charge in [0.25, 0.3) is 5.91 Å². The molecular weight excluding hydrogens is 755 g/mol. The number of hydrogen-bond donors (Lipinski definition) is 2. The van der Waals surface area contributed by atoms with Crippen molar-refractivity contribution >= 4 is 22.4 Å². The minimum absolute atomic E-state index is 0.0670. The molecule has 2 aliphatic carbocycles. The van der Waals surface area contributed by atoms with Crippen LogP contribution in [0.2, 0.25) is 0 Å². The summed E-state index contributed by atoms with van der Waals surface area (Å²) in [5.41, 5.74) is 2.96. The summed E-state index contributed by atoms with van der Waals surface area (Å²) in [5, 5.41) is 36.4. The maximum Gasteiger partial charge on any atom is 0.254 e. The predicted octanol–water partition coefficient (Wildman–Crippen LogP) is 9.71. The first-order chi connectivity index (χ1) is 29.0. The highest BCUT2D eigenvalue weighted by Crippen LogP contribution is 2.62. The number of allylic oxidation sites excluding steroid dienone is 1. The molecule has 1 saturated carbocycles. The third-order valence-electron chi connectivity index (χ3n) is 12.1. The van der Waals surface area contributed by atoms with Gasteiger partial charge in [0.15, 0.2) is 0 Å². The molecule has 1 amide bonds. The van der Waals surface area contributed by atoms with E-state index in [0.29, 0.717) is 41.2 Å². The molecule has 4 aromatic carbocycles. The van der Waals surface area contributed by atoms with Gasteiger partial charge >= 0.3 is 0 Å². The van der Waals surface area contributed by atoms with Crippen LogP contribution in [-0.4, -0.2) is 71.0 Å². The fourth-order valence-corrected chi connectivity index (χ4v) is 9.38. The smallest absolute Gasteiger partial charge is 0.254 e. The Labute approximate surface area is 353 Å². The van der Waals surface area contributed by atoms with Gasteiger partial charge in [-0.1, -0.05) is 60.5 Å². The number of likely N-dealkylation sites (N-methyl/N-ethyl adjacent to an activating group) is 1. The Kier molecular flexibility index (Phi) is 13.1. The van der Waals surface area contributed by atoms with E-state index in [0.717, 1.165) is 53.3 Å². The molecule has 60 heavy (non-hydrogen) atoms. The number of amides is 1. The zero-order valence-corrected chi connectivity index (χ0v) is 35.2. The molecule has 7 rings (SSSR count). The van der Waals surface area contributed by atoms with Crippen LogP contribution in [-0.2, 0) is 9.57 Å². The summed E-state index contributed by atoms with van der Waals surface area (Å²) in [6, 6.07) is 28.3. The second kappa shape index (κ2) is 18.4. The van der Waals surface area contributed by atoms with Gasteiger partial charge in [0.05, 0.1) is 29.9 Å². The molecule has 1 heterocycles. The molecule has 0 radical (unpaired) electrons. The van der Waals surface area contributed by atoms with Crippen molar-refractivity contribution in [2.75, 3.05) is 26.9 Å². The van der Waals surface area contributed by atoms with E-state index in [-0.39, 0.29) is 49.9 Å². The summed E-state index contributed by atoms with van der Waals surface area (Å²) >= 11 is 0. The molecule has 10 nitrogen and oxygen atoms in total. The topological polar surface area (TPSA) is 134 Å². The zero-order chi connectivity index (χ0) is 42.4. The summed E-state index contributed by atoms with van der Waals surface area (Å²) < 4.78 is 21.0. The average Bonchev–Trinajstić information content (AvgIpc) is 3.25. The number of ether oxygens (including phenoxy) is 3. The van der Waals surface area contributed by atoms with Crippen LogP contribution in [0.15, 0.2) is 114 Å². The Morgan fingerprint density at radius 3 is 2.37 bits per heavy atom. The van der Waals surface area contributed by atoms with E-state index in [2.05, 4.69) is 43.0 Å². The first-order valence-corrected chi connectivity index (χ1v) is 21.2. The quantitative estimate of drug-likeness (QED) is 0.0649. The van der Waals surface area contributed by atoms with Crippen molar-refractivity contribution in [1.29, 1.82) is 5.26 Å². The number of rotatable bonds is 16. The number of oxime groups is 1. The molecule has 2 N–H and O–H groups in total. The zero-order valence-electron chi connectivity index (χ0n) is 35.2. The average molecular weight is 812 g/mol. The number of nitriles is 1. The van der Waals surface area contributed by atoms with Crippen LogP contribution in [0.4, 0.5) is 0 Å². The number of unbranched alkanes of at least 4 members (excludes halogenated alkanes) is 2. The lowest BCUT2D eigenvalue weighted by Gasteiger charge is -2.59. The summed E-state index contributed by atoms with van der Waals surface area (Å²) in [7, 11) is 1.77. The van der Waals surface area contributed by atoms with Crippen LogP contribution >= 0.6 is 0 Å². The highest BCUT2D eigenvalue weighted by molar-refractivity contribution is 6.03. The van der Waals surface area contributed by atoms with Crippen molar-refractivity contribution < 1.29 is 34.1 Å². The number of carbonyl (C=O) groups excluding carboxylic acids is 1. The molecule has 0 spiro atoms. The normalized spacial score (nSPS) is 23.7. The van der Waals surface area contributed by atoms with Gasteiger partial charge in [-0.3, -0.25) is 4.79 Å². The Morgan fingerprint density at radius 2 is 1.67 bits per heavy atom. The van der Waals surface area contributed by atoms with Gasteiger partial charge in [0, 0.05) is 43.7 Å². The minimum Gasteiger partial charge on any atom is -0.459 e. The SMILES string of the molecule is C=CCOC12Oc3ccc(Oc4ccc5ccccc5c4)cc3C3C(CCCCO)C(CCCCO)C=C(C(=NOC(C)(C)C)CC1N(C)C(=O)c1ccc(C#N)cc1)C32. The number of aliphatic hydroxyl groups excluding tert-OH is 2. The standard InChI is InChI=1S/C50H57N3O7/c1-6-27-57-50-45(53(5)48(56)35-19-17-33(32-51)18-20-35)31-43(52-60-49(2,3)4)41-29-37(15-9-11-25-54)40(16-10-12-26-55)46(47(41)50)42-30-39(23-24-44(42)59-50)58-38-22-21-34-13-7-8-14-36(34)28-38/h6-8,13-14,17-24,28-30,37,40,45-47,54-55H,1,9-12,15-16,25-27,31H2,2-5H3. The van der Waals surface area contributed by atoms with Crippen LogP contribution in [0.1, 0.15) is 93.1 Å². The summed E-state index contributed by atoms with van der Waals surface area (Å²) in [6.45, 7) is 10.3. The number of aliphatic hydroxyl groups is 2. The first kappa shape index (κ1) is 42.6. The molecule has 6 atom stereocenters. The summed E-state index contributed by atoms with van der Waals surface area (Å²) in [5.74, 6) is -0.105. The van der Waals surface area contributed by atoms with E-state index in [9.17, 15) is 20.3 Å². The van der Waals surface area contributed by atoms with Crippen LogP contribution in [0, 0.1) is 29.1 Å². The lowest BCUT2D eigenvalue weighted by Crippen LogP contribution is -2.69. The third kappa shape index (κ3) is 8.85. The van der Waals surface area contributed by atoms with E-state index >= 15 is 0 Å². The monoisotopic (exact) mass is 811 g/mol. The Bertz CT molecular complexity index is 2270. The molecule has 0 bridgehead atoms. The van der Waals surface area contributed by atoms with E-state index < -0.39 is 23.3 Å². The lowest BCUT2D eigenvalue weighted by molar-refractivity contribution is -0.252. The Morgan fingerprint density at radius 1 is 0.967 bits per heavy atom. The van der Waals surface area contributed by atoms with Gasteiger partial charge < -0.3 is 34.2 Å². The van der Waals surface area contributed by atoms with E-state index in [4.69, 9.17) is 24.2 Å². The molecule has 0 aromatic heterocycles. The highest BCUT2D eigenvalue weighted by Gasteiger charge is 2.65. The van der Waals surface area contributed by atoms with E-state index in [1.807, 2.05) is 57.2 Å². The number of benzene rings is 4. The number of hydrogen-bond acceptors (Lipinski definition) is 9. The van der Waals surface area contributed by atoms with Gasteiger partial charge in [-0.25, -0.2) is 0 Å².